The molecule has 31 heavy (non-hydrogen) atoms. The van der Waals surface area contributed by atoms with Crippen LogP contribution in [0.1, 0.15) is 148 Å². The van der Waals surface area contributed by atoms with Gasteiger partial charge in [0.2, 0.25) is 0 Å². The second-order valence-corrected chi connectivity index (χ2v) is 9.86. The third-order valence-electron chi connectivity index (χ3n) is 5.75. The first-order valence-electron chi connectivity index (χ1n) is 12.7. The smallest absolute Gasteiger partial charge is 0.790 e. The monoisotopic (exact) mass is 446 g/mol. The van der Waals surface area contributed by atoms with E-state index in [9.17, 15) is 14.4 Å². The quantitative estimate of drug-likeness (QED) is 0.128. The number of unbranched alkanes of at least 4 members (excludes halogenated alkanes) is 21. The van der Waals surface area contributed by atoms with E-state index in [-0.39, 0.29) is 44.3 Å². The molecule has 4 nitrogen and oxygen atoms in total. The van der Waals surface area contributed by atoms with E-state index in [1.54, 1.807) is 0 Å². The normalized spacial score (nSPS) is 11.2. The van der Waals surface area contributed by atoms with Gasteiger partial charge in [0.25, 0.3) is 0 Å². The molecule has 0 amide bonds. The van der Waals surface area contributed by atoms with Crippen molar-refractivity contribution in [3.8, 4) is 0 Å². The van der Waals surface area contributed by atoms with Crippen molar-refractivity contribution in [2.24, 2.45) is 0 Å². The Morgan fingerprint density at radius 3 is 0.935 bits per heavy atom. The summed E-state index contributed by atoms with van der Waals surface area (Å²) in [6.45, 7) is 2.33. The molecule has 0 aliphatic carbocycles. The van der Waals surface area contributed by atoms with Crippen LogP contribution in [0.5, 0.6) is 0 Å². The molecule has 0 aromatic heterocycles. The predicted molar refractivity (Wildman–Crippen MR) is 121 cm³/mol. The SMILES string of the molecule is CCCCCCCCCCCCCCCCCCCCCCCCOP(=O)([O-])[O-].[Li+].[Li+]. The summed E-state index contributed by atoms with van der Waals surface area (Å²) >= 11 is 0. The molecule has 0 fully saturated rings. The second-order valence-electron chi connectivity index (χ2n) is 8.71. The first-order chi connectivity index (χ1) is 14.1. The van der Waals surface area contributed by atoms with Gasteiger partial charge >= 0.3 is 37.7 Å². The minimum atomic E-state index is -4.76. The Hall–Kier alpha value is 1.30. The minimum Gasteiger partial charge on any atom is -0.790 e. The van der Waals surface area contributed by atoms with E-state index >= 15 is 0 Å². The zero-order valence-electron chi connectivity index (χ0n) is 21.3. The molecule has 0 bridgehead atoms. The topological polar surface area (TPSA) is 72.4 Å². The van der Waals surface area contributed by atoms with Crippen molar-refractivity contribution in [2.75, 3.05) is 6.61 Å². The Kier molecular flexibility index (Phi) is 34.9. The van der Waals surface area contributed by atoms with Gasteiger partial charge in [-0.15, -0.1) is 0 Å². The molecule has 0 saturated carbocycles. The molecule has 0 aliphatic heterocycles. The molecule has 0 N–H and O–H groups in total. The van der Waals surface area contributed by atoms with Crippen LogP contribution in [-0.2, 0) is 9.09 Å². The fourth-order valence-electron chi connectivity index (χ4n) is 3.89. The average molecular weight is 447 g/mol. The van der Waals surface area contributed by atoms with Gasteiger partial charge in [0.15, 0.2) is 0 Å². The van der Waals surface area contributed by atoms with Crippen LogP contribution in [0.3, 0.4) is 0 Å². The van der Waals surface area contributed by atoms with Crippen molar-refractivity contribution in [1.82, 2.24) is 0 Å². The Labute approximate surface area is 218 Å². The molecule has 0 rings (SSSR count). The Bertz CT molecular complexity index is 367. The number of rotatable bonds is 24. The van der Waals surface area contributed by atoms with Crippen molar-refractivity contribution in [3.63, 3.8) is 0 Å². The van der Waals surface area contributed by atoms with E-state index in [2.05, 4.69) is 11.4 Å². The fourth-order valence-corrected chi connectivity index (χ4v) is 4.24. The fraction of sp³-hybridized carbons (Fsp3) is 1.00. The van der Waals surface area contributed by atoms with Crippen molar-refractivity contribution >= 4 is 7.82 Å². The van der Waals surface area contributed by atoms with Gasteiger partial charge in [-0.25, -0.2) is 0 Å². The molecule has 0 aromatic carbocycles. The van der Waals surface area contributed by atoms with Crippen molar-refractivity contribution < 1.29 is 56.6 Å². The molecule has 7 heteroatoms. The summed E-state index contributed by atoms with van der Waals surface area (Å²) in [6.07, 6.45) is 29.1. The van der Waals surface area contributed by atoms with Crippen LogP contribution >= 0.6 is 7.82 Å². The van der Waals surface area contributed by atoms with E-state index in [1.807, 2.05) is 0 Å². The molecule has 0 heterocycles. The van der Waals surface area contributed by atoms with Gasteiger partial charge in [0.05, 0.1) is 14.4 Å². The molecule has 0 saturated heterocycles. The molecule has 0 aromatic rings. The van der Waals surface area contributed by atoms with Crippen molar-refractivity contribution in [1.29, 1.82) is 0 Å². The first-order valence-corrected chi connectivity index (χ1v) is 14.2. The van der Waals surface area contributed by atoms with E-state index in [4.69, 9.17) is 0 Å². The van der Waals surface area contributed by atoms with E-state index in [1.165, 1.54) is 122 Å². The summed E-state index contributed by atoms with van der Waals surface area (Å²) in [5, 5.41) is 0. The van der Waals surface area contributed by atoms with Crippen LogP contribution in [0.2, 0.25) is 0 Å². The minimum absolute atomic E-state index is 0. The molecule has 0 atom stereocenters. The maximum Gasteiger partial charge on any atom is 1.00 e. The van der Waals surface area contributed by atoms with Crippen LogP contribution in [0.4, 0.5) is 0 Å². The molecular formula is C24H49Li2O4P. The molecule has 0 aliphatic rings. The van der Waals surface area contributed by atoms with Crippen LogP contribution in [0, 0.1) is 0 Å². The van der Waals surface area contributed by atoms with Gasteiger partial charge in [0, 0.05) is 0 Å². The summed E-state index contributed by atoms with van der Waals surface area (Å²) < 4.78 is 14.5. The van der Waals surface area contributed by atoms with Crippen LogP contribution in [0.15, 0.2) is 0 Å². The van der Waals surface area contributed by atoms with E-state index in [0.29, 0.717) is 6.42 Å². The van der Waals surface area contributed by atoms with Gasteiger partial charge in [-0.05, 0) is 6.42 Å². The largest absolute Gasteiger partial charge is 1.00 e. The average Bonchev–Trinajstić information content (AvgIpc) is 2.67. The Morgan fingerprint density at radius 2 is 0.710 bits per heavy atom. The molecular weight excluding hydrogens is 397 g/mol. The zero-order valence-corrected chi connectivity index (χ0v) is 22.2. The van der Waals surface area contributed by atoms with Gasteiger partial charge in [-0.1, -0.05) is 142 Å². The Morgan fingerprint density at radius 1 is 0.484 bits per heavy atom. The van der Waals surface area contributed by atoms with Crippen LogP contribution in [0.25, 0.3) is 0 Å². The van der Waals surface area contributed by atoms with Crippen LogP contribution < -0.4 is 47.5 Å². The van der Waals surface area contributed by atoms with Gasteiger partial charge in [-0.3, -0.25) is 0 Å². The maximum atomic E-state index is 10.3. The van der Waals surface area contributed by atoms with Crippen molar-refractivity contribution in [3.05, 3.63) is 0 Å². The summed E-state index contributed by atoms with van der Waals surface area (Å²) in [4.78, 5) is 20.6. The second kappa shape index (κ2) is 29.3. The summed E-state index contributed by atoms with van der Waals surface area (Å²) in [5.41, 5.74) is 0. The standard InChI is InChI=1S/C24H51O4P.2Li/c1-2-3-4-5-6-7-8-9-10-11-12-13-14-15-16-17-18-19-20-21-22-23-24-28-29(25,26)27;;/h2-24H2,1H3,(H2,25,26,27);;/q;2*+1/p-2. The van der Waals surface area contributed by atoms with Gasteiger partial charge < -0.3 is 18.9 Å². The van der Waals surface area contributed by atoms with Gasteiger partial charge in [0.1, 0.15) is 0 Å². The number of hydrogen-bond donors (Lipinski definition) is 0. The molecule has 0 radical (unpaired) electrons. The Balaban J connectivity index is -0.00000392. The van der Waals surface area contributed by atoms with Crippen LogP contribution in [-0.4, -0.2) is 6.61 Å². The molecule has 0 unspecified atom stereocenters. The summed E-state index contributed by atoms with van der Waals surface area (Å²) in [6, 6.07) is 0. The van der Waals surface area contributed by atoms with Gasteiger partial charge in [-0.2, -0.15) is 0 Å². The first kappa shape index (κ1) is 36.9. The number of phosphoric ester groups is 1. The van der Waals surface area contributed by atoms with E-state index in [0.717, 1.165) is 12.8 Å². The van der Waals surface area contributed by atoms with Crippen molar-refractivity contribution in [2.45, 2.75) is 148 Å². The predicted octanol–water partition coefficient (Wildman–Crippen LogP) is 1.44. The summed E-state index contributed by atoms with van der Waals surface area (Å²) in [5.74, 6) is 0. The van der Waals surface area contributed by atoms with E-state index < -0.39 is 7.82 Å². The molecule has 0 spiro atoms. The maximum absolute atomic E-state index is 10.3. The third kappa shape index (κ3) is 36.1. The summed E-state index contributed by atoms with van der Waals surface area (Å²) in [7, 11) is -4.76. The zero-order chi connectivity index (χ0) is 21.5. The third-order valence-corrected chi connectivity index (χ3v) is 6.25. The number of phosphoric acid groups is 1. The number of hydrogen-bond acceptors (Lipinski definition) is 4. The molecule has 176 valence electrons.